The number of hydrogen-bond acceptors (Lipinski definition) is 4. The van der Waals surface area contributed by atoms with Crippen molar-refractivity contribution in [1.82, 2.24) is 15.6 Å². The van der Waals surface area contributed by atoms with Gasteiger partial charge in [0.15, 0.2) is 0 Å². The highest BCUT2D eigenvalue weighted by Gasteiger charge is 2.37. The summed E-state index contributed by atoms with van der Waals surface area (Å²) in [6, 6.07) is 0.593. The lowest BCUT2D eigenvalue weighted by Gasteiger charge is -2.24. The van der Waals surface area contributed by atoms with E-state index in [1.165, 1.54) is 25.7 Å². The van der Waals surface area contributed by atoms with Gasteiger partial charge in [0.2, 0.25) is 5.91 Å². The Morgan fingerprint density at radius 2 is 2.19 bits per heavy atom. The lowest BCUT2D eigenvalue weighted by Crippen LogP contribution is -2.42. The molecule has 3 atom stereocenters. The lowest BCUT2D eigenvalue weighted by atomic mass is 9.85. The molecule has 1 aromatic rings. The third kappa shape index (κ3) is 4.31. The van der Waals surface area contributed by atoms with Crippen LogP contribution in [-0.2, 0) is 11.3 Å². The monoisotopic (exact) mass is 351 g/mol. The minimum atomic E-state index is 0. The number of fused-ring (bicyclic) bond motifs is 1. The fraction of sp³-hybridized carbons (Fsp3) is 0.714. The standard InChI is InChI=1S/C14H21N3OS.2ClH/c1-9-13(19-8-16-9)7-15-14(18)12-6-10-4-2-3-5-11(10)17-12;;/h8,10-12,17H,2-7H2,1H3,(H,15,18);2*1H. The van der Waals surface area contributed by atoms with Crippen molar-refractivity contribution in [3.05, 3.63) is 16.1 Å². The molecule has 1 aliphatic carbocycles. The Bertz CT molecular complexity index is 455. The summed E-state index contributed by atoms with van der Waals surface area (Å²) in [5, 5.41) is 6.56. The molecular weight excluding hydrogens is 329 g/mol. The lowest BCUT2D eigenvalue weighted by molar-refractivity contribution is -0.123. The van der Waals surface area contributed by atoms with Crippen LogP contribution in [0.25, 0.3) is 0 Å². The normalized spacial score (nSPS) is 27.2. The molecule has 120 valence electrons. The molecule has 1 saturated carbocycles. The molecular formula is C14H23Cl2N3OS. The maximum Gasteiger partial charge on any atom is 0.237 e. The van der Waals surface area contributed by atoms with E-state index in [1.807, 2.05) is 12.4 Å². The molecule has 7 heteroatoms. The Morgan fingerprint density at radius 3 is 2.86 bits per heavy atom. The summed E-state index contributed by atoms with van der Waals surface area (Å²) in [4.78, 5) is 17.6. The molecule has 21 heavy (non-hydrogen) atoms. The van der Waals surface area contributed by atoms with Gasteiger partial charge < -0.3 is 10.6 Å². The van der Waals surface area contributed by atoms with Crippen molar-refractivity contribution in [1.29, 1.82) is 0 Å². The zero-order valence-electron chi connectivity index (χ0n) is 12.1. The molecule has 1 amide bonds. The van der Waals surface area contributed by atoms with E-state index in [4.69, 9.17) is 0 Å². The van der Waals surface area contributed by atoms with Gasteiger partial charge in [-0.25, -0.2) is 4.98 Å². The summed E-state index contributed by atoms with van der Waals surface area (Å²) in [5.74, 6) is 0.872. The molecule has 2 heterocycles. The van der Waals surface area contributed by atoms with Gasteiger partial charge in [-0.1, -0.05) is 12.8 Å². The molecule has 2 aliphatic rings. The molecule has 0 radical (unpaired) electrons. The molecule has 2 fully saturated rings. The predicted octanol–water partition coefficient (Wildman–Crippen LogP) is 2.83. The molecule has 3 unspecified atom stereocenters. The van der Waals surface area contributed by atoms with E-state index >= 15 is 0 Å². The van der Waals surface area contributed by atoms with Crippen LogP contribution < -0.4 is 10.6 Å². The van der Waals surface area contributed by atoms with Gasteiger partial charge in [-0.05, 0) is 32.1 Å². The molecule has 1 saturated heterocycles. The Labute approximate surface area is 142 Å². The molecule has 2 N–H and O–H groups in total. The summed E-state index contributed by atoms with van der Waals surface area (Å²) in [6.07, 6.45) is 6.18. The van der Waals surface area contributed by atoms with Gasteiger partial charge in [0, 0.05) is 10.9 Å². The van der Waals surface area contributed by atoms with E-state index in [9.17, 15) is 4.79 Å². The fourth-order valence-electron chi connectivity index (χ4n) is 3.31. The average Bonchev–Trinajstić information content (AvgIpc) is 3.01. The third-order valence-electron chi connectivity index (χ3n) is 4.45. The molecule has 1 aliphatic heterocycles. The van der Waals surface area contributed by atoms with Crippen LogP contribution in [0.1, 0.15) is 42.7 Å². The van der Waals surface area contributed by atoms with Crippen molar-refractivity contribution in [3.8, 4) is 0 Å². The van der Waals surface area contributed by atoms with Crippen molar-refractivity contribution >= 4 is 42.1 Å². The number of halogens is 2. The van der Waals surface area contributed by atoms with Crippen LogP contribution in [0.15, 0.2) is 5.51 Å². The fourth-order valence-corrected chi connectivity index (χ4v) is 4.02. The number of amides is 1. The number of hydrogen-bond donors (Lipinski definition) is 2. The minimum Gasteiger partial charge on any atom is -0.350 e. The first-order valence-corrected chi connectivity index (χ1v) is 8.04. The van der Waals surface area contributed by atoms with Crippen LogP contribution in [0.5, 0.6) is 0 Å². The zero-order chi connectivity index (χ0) is 13.2. The topological polar surface area (TPSA) is 54.0 Å². The van der Waals surface area contributed by atoms with Crippen LogP contribution in [0.2, 0.25) is 0 Å². The quantitative estimate of drug-likeness (QED) is 0.880. The molecule has 4 nitrogen and oxygen atoms in total. The number of carbonyl (C=O) groups is 1. The van der Waals surface area contributed by atoms with Crippen molar-refractivity contribution < 1.29 is 4.79 Å². The predicted molar refractivity (Wildman–Crippen MR) is 90.5 cm³/mol. The Balaban J connectivity index is 0.00000110. The largest absolute Gasteiger partial charge is 0.350 e. The second-order valence-corrected chi connectivity index (χ2v) is 6.62. The SMILES string of the molecule is Cc1ncsc1CNC(=O)C1CC2CCCCC2N1.Cl.Cl. The first-order valence-electron chi connectivity index (χ1n) is 7.17. The number of rotatable bonds is 3. The van der Waals surface area contributed by atoms with Crippen LogP contribution in [0.4, 0.5) is 0 Å². The van der Waals surface area contributed by atoms with Gasteiger partial charge >= 0.3 is 0 Å². The number of nitrogens with zero attached hydrogens (tertiary/aromatic N) is 1. The minimum absolute atomic E-state index is 0. The van der Waals surface area contributed by atoms with E-state index in [-0.39, 0.29) is 36.8 Å². The number of carbonyl (C=O) groups excluding carboxylic acids is 1. The second-order valence-electron chi connectivity index (χ2n) is 5.68. The van der Waals surface area contributed by atoms with E-state index < -0.39 is 0 Å². The molecule has 0 spiro atoms. The number of nitrogens with one attached hydrogen (secondary N) is 2. The third-order valence-corrected chi connectivity index (χ3v) is 5.38. The second kappa shape index (κ2) is 8.32. The maximum absolute atomic E-state index is 12.2. The van der Waals surface area contributed by atoms with Gasteiger partial charge in [0.05, 0.1) is 23.8 Å². The number of thiazole rings is 1. The average molecular weight is 352 g/mol. The van der Waals surface area contributed by atoms with Gasteiger partial charge in [0.1, 0.15) is 0 Å². The van der Waals surface area contributed by atoms with Crippen LogP contribution in [-0.4, -0.2) is 23.0 Å². The maximum atomic E-state index is 12.2. The van der Waals surface area contributed by atoms with Crippen LogP contribution in [0, 0.1) is 12.8 Å². The smallest absolute Gasteiger partial charge is 0.237 e. The summed E-state index contributed by atoms with van der Waals surface area (Å²) in [5.41, 5.74) is 2.86. The molecule has 3 rings (SSSR count). The molecule has 0 aromatic carbocycles. The summed E-state index contributed by atoms with van der Waals surface area (Å²) < 4.78 is 0. The van der Waals surface area contributed by atoms with Crippen molar-refractivity contribution in [2.75, 3.05) is 0 Å². The Kier molecular flexibility index (Phi) is 7.40. The molecule has 1 aromatic heterocycles. The van der Waals surface area contributed by atoms with E-state index in [1.54, 1.807) is 11.3 Å². The van der Waals surface area contributed by atoms with E-state index in [2.05, 4.69) is 15.6 Å². The van der Waals surface area contributed by atoms with E-state index in [0.29, 0.717) is 12.6 Å². The van der Waals surface area contributed by atoms with Crippen molar-refractivity contribution in [2.24, 2.45) is 5.92 Å². The first kappa shape index (κ1) is 18.7. The van der Waals surface area contributed by atoms with Crippen molar-refractivity contribution in [2.45, 2.75) is 57.7 Å². The van der Waals surface area contributed by atoms with Gasteiger partial charge in [-0.15, -0.1) is 36.2 Å². The summed E-state index contributed by atoms with van der Waals surface area (Å²) >= 11 is 1.61. The molecule has 0 bridgehead atoms. The summed E-state index contributed by atoms with van der Waals surface area (Å²) in [7, 11) is 0. The number of aromatic nitrogens is 1. The van der Waals surface area contributed by atoms with Gasteiger partial charge in [-0.2, -0.15) is 0 Å². The Hall–Kier alpha value is -0.360. The zero-order valence-corrected chi connectivity index (χ0v) is 14.6. The first-order chi connectivity index (χ1) is 9.24. The van der Waals surface area contributed by atoms with Crippen LogP contribution in [0.3, 0.4) is 0 Å². The Morgan fingerprint density at radius 1 is 1.43 bits per heavy atom. The highest BCUT2D eigenvalue weighted by atomic mass is 35.5. The highest BCUT2D eigenvalue weighted by molar-refractivity contribution is 7.09. The van der Waals surface area contributed by atoms with E-state index in [0.717, 1.165) is 22.9 Å². The van der Waals surface area contributed by atoms with Crippen molar-refractivity contribution in [3.63, 3.8) is 0 Å². The van der Waals surface area contributed by atoms with Crippen LogP contribution >= 0.6 is 36.2 Å². The van der Waals surface area contributed by atoms with Gasteiger partial charge in [0.25, 0.3) is 0 Å². The van der Waals surface area contributed by atoms with Gasteiger partial charge in [-0.3, -0.25) is 4.79 Å². The highest BCUT2D eigenvalue weighted by Crippen LogP contribution is 2.33. The summed E-state index contributed by atoms with van der Waals surface area (Å²) in [6.45, 7) is 2.60. The number of aryl methyl sites for hydroxylation is 1.